The molecule has 0 aliphatic carbocycles. The smallest absolute Gasteiger partial charge is 0.332 e. The molecular formula is C13H15NO3. The Morgan fingerprint density at radius 1 is 1.35 bits per heavy atom. The van der Waals surface area contributed by atoms with E-state index in [0.717, 1.165) is 17.1 Å². The van der Waals surface area contributed by atoms with Crippen LogP contribution in [0, 0.1) is 0 Å². The number of hydrogen-bond acceptors (Lipinski definition) is 4. The quantitative estimate of drug-likeness (QED) is 0.814. The normalized spacial score (nSPS) is 19.3. The predicted octanol–water partition coefficient (Wildman–Crippen LogP) is 2.33. The van der Waals surface area contributed by atoms with Crippen molar-refractivity contribution in [3.05, 3.63) is 36.0 Å². The number of anilines is 1. The number of methoxy groups -OCH3 is 1. The van der Waals surface area contributed by atoms with Crippen molar-refractivity contribution in [3.63, 3.8) is 0 Å². The summed E-state index contributed by atoms with van der Waals surface area (Å²) in [6, 6.07) is 7.55. The average Bonchev–Trinajstić information content (AvgIpc) is 2.28. The second-order valence-corrected chi connectivity index (χ2v) is 3.97. The van der Waals surface area contributed by atoms with E-state index in [-0.39, 0.29) is 12.1 Å². The Bertz CT molecular complexity index is 436. The van der Waals surface area contributed by atoms with Crippen molar-refractivity contribution >= 4 is 11.7 Å². The molecular weight excluding hydrogens is 218 g/mol. The van der Waals surface area contributed by atoms with E-state index in [4.69, 9.17) is 9.47 Å². The molecule has 0 saturated carbocycles. The van der Waals surface area contributed by atoms with E-state index in [2.05, 4.69) is 5.32 Å². The third kappa shape index (κ3) is 3.00. The fraction of sp³-hybridized carbons (Fsp3) is 0.308. The molecule has 1 N–H and O–H groups in total. The number of carbonyl (C=O) groups is 1. The van der Waals surface area contributed by atoms with E-state index in [1.807, 2.05) is 31.2 Å². The standard InChI is InChI=1S/C13H15NO3/c1-9-7-11(8-13(15)17-9)14-10-3-5-12(16-2)6-4-10/h3-6,8-9,14H,7H2,1-2H3. The van der Waals surface area contributed by atoms with E-state index in [1.165, 1.54) is 6.08 Å². The van der Waals surface area contributed by atoms with Crippen LogP contribution in [-0.2, 0) is 9.53 Å². The molecule has 1 atom stereocenters. The van der Waals surface area contributed by atoms with Crippen LogP contribution in [0.1, 0.15) is 13.3 Å². The summed E-state index contributed by atoms with van der Waals surface area (Å²) in [5, 5.41) is 3.20. The molecule has 1 unspecified atom stereocenters. The minimum absolute atomic E-state index is 0.0757. The second-order valence-electron chi connectivity index (χ2n) is 3.97. The summed E-state index contributed by atoms with van der Waals surface area (Å²) in [5.74, 6) is 0.515. The number of carbonyl (C=O) groups excluding carboxylic acids is 1. The first-order valence-electron chi connectivity index (χ1n) is 5.49. The first kappa shape index (κ1) is 11.5. The molecule has 0 bridgehead atoms. The number of hydrogen-bond donors (Lipinski definition) is 1. The number of rotatable bonds is 3. The highest BCUT2D eigenvalue weighted by atomic mass is 16.5. The summed E-state index contributed by atoms with van der Waals surface area (Å²) in [5.41, 5.74) is 1.80. The molecule has 1 aromatic rings. The molecule has 17 heavy (non-hydrogen) atoms. The lowest BCUT2D eigenvalue weighted by Crippen LogP contribution is -2.22. The van der Waals surface area contributed by atoms with Crippen LogP contribution >= 0.6 is 0 Å². The topological polar surface area (TPSA) is 47.6 Å². The molecule has 1 heterocycles. The van der Waals surface area contributed by atoms with Crippen LogP contribution in [0.15, 0.2) is 36.0 Å². The van der Waals surface area contributed by atoms with Crippen LogP contribution in [0.5, 0.6) is 5.75 Å². The van der Waals surface area contributed by atoms with Gasteiger partial charge < -0.3 is 14.8 Å². The van der Waals surface area contributed by atoms with Gasteiger partial charge in [0.05, 0.1) is 7.11 Å². The highest BCUT2D eigenvalue weighted by Gasteiger charge is 2.17. The summed E-state index contributed by atoms with van der Waals surface area (Å²) >= 11 is 0. The van der Waals surface area contributed by atoms with Crippen molar-refractivity contribution in [3.8, 4) is 5.75 Å². The average molecular weight is 233 g/mol. The first-order valence-corrected chi connectivity index (χ1v) is 5.49. The number of nitrogens with one attached hydrogen (secondary N) is 1. The number of ether oxygens (including phenoxy) is 2. The molecule has 0 amide bonds. The summed E-state index contributed by atoms with van der Waals surface area (Å²) in [4.78, 5) is 11.2. The monoisotopic (exact) mass is 233 g/mol. The SMILES string of the molecule is COc1ccc(NC2=CC(=O)OC(C)C2)cc1. The summed E-state index contributed by atoms with van der Waals surface area (Å²) < 4.78 is 10.1. The summed E-state index contributed by atoms with van der Waals surface area (Å²) in [6.07, 6.45) is 2.12. The second kappa shape index (κ2) is 4.91. The minimum Gasteiger partial charge on any atom is -0.497 e. The van der Waals surface area contributed by atoms with E-state index < -0.39 is 0 Å². The van der Waals surface area contributed by atoms with Gasteiger partial charge in [0.15, 0.2) is 0 Å². The molecule has 0 aromatic heterocycles. The number of benzene rings is 1. The Hall–Kier alpha value is -1.97. The number of cyclic esters (lactones) is 1. The molecule has 4 heteroatoms. The van der Waals surface area contributed by atoms with Gasteiger partial charge in [-0.05, 0) is 31.2 Å². The van der Waals surface area contributed by atoms with Gasteiger partial charge in [0.25, 0.3) is 0 Å². The van der Waals surface area contributed by atoms with Crippen LogP contribution in [0.25, 0.3) is 0 Å². The third-order valence-electron chi connectivity index (χ3n) is 2.51. The molecule has 0 fully saturated rings. The van der Waals surface area contributed by atoms with Gasteiger partial charge in [0.1, 0.15) is 11.9 Å². The Kier molecular flexibility index (Phi) is 3.32. The highest BCUT2D eigenvalue weighted by molar-refractivity contribution is 5.84. The van der Waals surface area contributed by atoms with Gasteiger partial charge in [-0.25, -0.2) is 4.79 Å². The minimum atomic E-state index is -0.292. The lowest BCUT2D eigenvalue weighted by molar-refractivity contribution is -0.143. The van der Waals surface area contributed by atoms with Crippen molar-refractivity contribution in [1.82, 2.24) is 0 Å². The molecule has 0 saturated heterocycles. The molecule has 1 aliphatic rings. The highest BCUT2D eigenvalue weighted by Crippen LogP contribution is 2.20. The maximum atomic E-state index is 11.2. The Balaban J connectivity index is 2.07. The van der Waals surface area contributed by atoms with Crippen LogP contribution in [-0.4, -0.2) is 19.2 Å². The van der Waals surface area contributed by atoms with Crippen LogP contribution in [0.3, 0.4) is 0 Å². The van der Waals surface area contributed by atoms with Crippen LogP contribution in [0.2, 0.25) is 0 Å². The molecule has 4 nitrogen and oxygen atoms in total. The zero-order valence-corrected chi connectivity index (χ0v) is 9.90. The van der Waals surface area contributed by atoms with E-state index in [1.54, 1.807) is 7.11 Å². The molecule has 1 aromatic carbocycles. The van der Waals surface area contributed by atoms with E-state index in [0.29, 0.717) is 6.42 Å². The number of esters is 1. The molecule has 0 radical (unpaired) electrons. The Morgan fingerprint density at radius 3 is 2.65 bits per heavy atom. The van der Waals surface area contributed by atoms with Crippen molar-refractivity contribution in [2.24, 2.45) is 0 Å². The van der Waals surface area contributed by atoms with Crippen molar-refractivity contribution in [2.75, 3.05) is 12.4 Å². The van der Waals surface area contributed by atoms with Gasteiger partial charge in [0.2, 0.25) is 0 Å². The van der Waals surface area contributed by atoms with Gasteiger partial charge >= 0.3 is 5.97 Å². The van der Waals surface area contributed by atoms with Gasteiger partial charge in [-0.15, -0.1) is 0 Å². The largest absolute Gasteiger partial charge is 0.497 e. The maximum Gasteiger partial charge on any atom is 0.332 e. The van der Waals surface area contributed by atoms with E-state index >= 15 is 0 Å². The van der Waals surface area contributed by atoms with Crippen molar-refractivity contribution in [2.45, 2.75) is 19.4 Å². The fourth-order valence-electron chi connectivity index (χ4n) is 1.73. The van der Waals surface area contributed by atoms with E-state index in [9.17, 15) is 4.79 Å². The zero-order valence-electron chi connectivity index (χ0n) is 9.90. The van der Waals surface area contributed by atoms with Crippen LogP contribution < -0.4 is 10.1 Å². The Labute approximate surface area is 100 Å². The van der Waals surface area contributed by atoms with Crippen molar-refractivity contribution in [1.29, 1.82) is 0 Å². The lowest BCUT2D eigenvalue weighted by Gasteiger charge is -2.20. The van der Waals surface area contributed by atoms with Crippen LogP contribution in [0.4, 0.5) is 5.69 Å². The molecule has 1 aliphatic heterocycles. The van der Waals surface area contributed by atoms with Gasteiger partial charge in [0, 0.05) is 23.9 Å². The molecule has 0 spiro atoms. The fourth-order valence-corrected chi connectivity index (χ4v) is 1.73. The zero-order chi connectivity index (χ0) is 12.3. The lowest BCUT2D eigenvalue weighted by atomic mass is 10.1. The van der Waals surface area contributed by atoms with Gasteiger partial charge in [-0.2, -0.15) is 0 Å². The summed E-state index contributed by atoms with van der Waals surface area (Å²) in [7, 11) is 1.63. The van der Waals surface area contributed by atoms with Gasteiger partial charge in [-0.1, -0.05) is 0 Å². The molecule has 2 rings (SSSR count). The molecule has 90 valence electrons. The predicted molar refractivity (Wildman–Crippen MR) is 64.9 cm³/mol. The Morgan fingerprint density at radius 2 is 2.06 bits per heavy atom. The first-order chi connectivity index (χ1) is 8.17. The summed E-state index contributed by atoms with van der Waals surface area (Å²) in [6.45, 7) is 1.88. The van der Waals surface area contributed by atoms with Gasteiger partial charge in [-0.3, -0.25) is 0 Å². The van der Waals surface area contributed by atoms with Crippen molar-refractivity contribution < 1.29 is 14.3 Å². The third-order valence-corrected chi connectivity index (χ3v) is 2.51. The maximum absolute atomic E-state index is 11.2.